The minimum atomic E-state index is -1.86. The van der Waals surface area contributed by atoms with E-state index in [1.54, 1.807) is 36.4 Å². The second-order valence-corrected chi connectivity index (χ2v) is 12.0. The molecule has 6 N–H and O–H groups in total. The molecule has 0 spiro atoms. The zero-order chi connectivity index (χ0) is 34.8. The Morgan fingerprint density at radius 2 is 1.08 bits per heavy atom. The number of aryl methyl sites for hydroxylation is 1. The first-order valence-electron chi connectivity index (χ1n) is 16.2. The number of esters is 2. The van der Waals surface area contributed by atoms with Crippen molar-refractivity contribution in [2.75, 3.05) is 19.8 Å². The van der Waals surface area contributed by atoms with Crippen molar-refractivity contribution in [2.45, 2.75) is 107 Å². The van der Waals surface area contributed by atoms with E-state index in [4.69, 9.17) is 28.4 Å². The van der Waals surface area contributed by atoms with Crippen LogP contribution in [0.4, 0.5) is 0 Å². The van der Waals surface area contributed by atoms with E-state index in [9.17, 15) is 40.2 Å². The van der Waals surface area contributed by atoms with E-state index in [0.29, 0.717) is 12.4 Å². The van der Waals surface area contributed by atoms with Gasteiger partial charge in [-0.15, -0.1) is 0 Å². The maximum absolute atomic E-state index is 12.7. The Bertz CT molecular complexity index is 1290. The Kier molecular flexibility index (Phi) is 14.1. The molecule has 0 saturated carbocycles. The topological polar surface area (TPSA) is 211 Å². The predicted octanol–water partition coefficient (Wildman–Crippen LogP) is 0.990. The Morgan fingerprint density at radius 3 is 1.56 bits per heavy atom. The Balaban J connectivity index is 1.30. The van der Waals surface area contributed by atoms with E-state index in [2.05, 4.69) is 6.92 Å². The van der Waals surface area contributed by atoms with Gasteiger partial charge in [0.25, 0.3) is 0 Å². The molecule has 2 fully saturated rings. The summed E-state index contributed by atoms with van der Waals surface area (Å²) in [5.74, 6) is -0.871. The van der Waals surface area contributed by atoms with Crippen LogP contribution in [-0.2, 0) is 23.7 Å². The van der Waals surface area contributed by atoms with Crippen LogP contribution in [0.5, 0.6) is 5.75 Å². The van der Waals surface area contributed by atoms with Gasteiger partial charge in [-0.2, -0.15) is 0 Å². The van der Waals surface area contributed by atoms with E-state index in [-0.39, 0.29) is 11.1 Å². The highest BCUT2D eigenvalue weighted by atomic mass is 16.8. The first-order chi connectivity index (χ1) is 23.0. The number of ether oxygens (including phenoxy) is 6. The predicted molar refractivity (Wildman–Crippen MR) is 167 cm³/mol. The van der Waals surface area contributed by atoms with Gasteiger partial charge in [-0.1, -0.05) is 50.3 Å². The number of aliphatic hydroxyl groups excluding tert-OH is 6. The Labute approximate surface area is 278 Å². The third-order valence-corrected chi connectivity index (χ3v) is 8.26. The first-order valence-corrected chi connectivity index (χ1v) is 16.2. The SMILES string of the molecule is CCCCCCCOc1ccc(C(=O)OC[C@H]2O[C@H](O[C@H]3O[C@H](COC(=O)c4ccc(C)cc4)[C@@H](O)[C@H](O)[C@H]3O)[C@H](O)[C@@H](O)[C@@H]2O)cc1. The van der Waals surface area contributed by atoms with Gasteiger partial charge in [0.1, 0.15) is 67.8 Å². The highest BCUT2D eigenvalue weighted by Gasteiger charge is 2.50. The van der Waals surface area contributed by atoms with Crippen molar-refractivity contribution in [1.82, 2.24) is 0 Å². The number of hydrogen-bond acceptors (Lipinski definition) is 14. The normalized spacial score (nSPS) is 30.4. The van der Waals surface area contributed by atoms with Crippen LogP contribution in [0.3, 0.4) is 0 Å². The average Bonchev–Trinajstić information content (AvgIpc) is 3.09. The molecule has 14 nitrogen and oxygen atoms in total. The Hall–Kier alpha value is -3.18. The van der Waals surface area contributed by atoms with E-state index in [1.165, 1.54) is 18.6 Å². The van der Waals surface area contributed by atoms with E-state index in [0.717, 1.165) is 31.2 Å². The zero-order valence-corrected chi connectivity index (χ0v) is 27.0. The fourth-order valence-electron chi connectivity index (χ4n) is 5.22. The van der Waals surface area contributed by atoms with Crippen LogP contribution in [0.15, 0.2) is 48.5 Å². The van der Waals surface area contributed by atoms with Gasteiger partial charge in [0, 0.05) is 0 Å². The number of carbonyl (C=O) groups excluding carboxylic acids is 2. The highest BCUT2D eigenvalue weighted by Crippen LogP contribution is 2.29. The van der Waals surface area contributed by atoms with Crippen LogP contribution in [0.25, 0.3) is 0 Å². The second-order valence-electron chi connectivity index (χ2n) is 12.0. The summed E-state index contributed by atoms with van der Waals surface area (Å²) < 4.78 is 32.9. The van der Waals surface area contributed by atoms with Gasteiger partial charge >= 0.3 is 11.9 Å². The van der Waals surface area contributed by atoms with Crippen LogP contribution in [0.1, 0.15) is 65.3 Å². The van der Waals surface area contributed by atoms with Crippen molar-refractivity contribution in [1.29, 1.82) is 0 Å². The molecule has 4 rings (SSSR count). The maximum atomic E-state index is 12.7. The molecule has 0 bridgehead atoms. The van der Waals surface area contributed by atoms with E-state index < -0.39 is 86.6 Å². The molecule has 2 heterocycles. The monoisotopic (exact) mass is 678 g/mol. The van der Waals surface area contributed by atoms with Gasteiger partial charge in [-0.05, 0) is 49.7 Å². The first kappa shape index (κ1) is 37.6. The van der Waals surface area contributed by atoms with Gasteiger partial charge in [0.2, 0.25) is 0 Å². The van der Waals surface area contributed by atoms with Gasteiger partial charge in [-0.3, -0.25) is 0 Å². The third kappa shape index (κ3) is 9.94. The second kappa shape index (κ2) is 18.0. The van der Waals surface area contributed by atoms with Crippen molar-refractivity contribution in [2.24, 2.45) is 0 Å². The number of hydrogen-bond donors (Lipinski definition) is 6. The third-order valence-electron chi connectivity index (χ3n) is 8.26. The zero-order valence-electron chi connectivity index (χ0n) is 27.0. The minimum Gasteiger partial charge on any atom is -0.494 e. The number of rotatable bonds is 15. The fourth-order valence-corrected chi connectivity index (χ4v) is 5.22. The summed E-state index contributed by atoms with van der Waals surface area (Å²) in [5, 5.41) is 62.9. The summed E-state index contributed by atoms with van der Waals surface area (Å²) in [6, 6.07) is 12.8. The summed E-state index contributed by atoms with van der Waals surface area (Å²) in [7, 11) is 0. The molecule has 0 amide bonds. The van der Waals surface area contributed by atoms with Gasteiger partial charge in [-0.25, -0.2) is 9.59 Å². The summed E-state index contributed by atoms with van der Waals surface area (Å²) in [5.41, 5.74) is 1.37. The van der Waals surface area contributed by atoms with Crippen molar-refractivity contribution in [3.05, 3.63) is 65.2 Å². The number of carbonyl (C=O) groups is 2. The molecule has 48 heavy (non-hydrogen) atoms. The minimum absolute atomic E-state index is 0.198. The van der Waals surface area contributed by atoms with Crippen molar-refractivity contribution >= 4 is 11.9 Å². The lowest BCUT2D eigenvalue weighted by molar-refractivity contribution is -0.376. The van der Waals surface area contributed by atoms with Crippen LogP contribution < -0.4 is 4.74 Å². The molecule has 14 heteroatoms. The molecular formula is C34H46O14. The van der Waals surface area contributed by atoms with Crippen LogP contribution in [0, 0.1) is 6.92 Å². The number of aliphatic hydroxyl groups is 6. The highest BCUT2D eigenvalue weighted by molar-refractivity contribution is 5.90. The number of benzene rings is 2. The fraction of sp³-hybridized carbons (Fsp3) is 0.588. The van der Waals surface area contributed by atoms with Crippen molar-refractivity contribution in [3.8, 4) is 5.75 Å². The smallest absolute Gasteiger partial charge is 0.338 e. The molecule has 0 unspecified atom stereocenters. The molecule has 266 valence electrons. The van der Waals surface area contributed by atoms with Gasteiger partial charge in [0.05, 0.1) is 17.7 Å². The standard InChI is InChI=1S/C34H46O14/c1-3-4-5-6-7-16-43-22-14-12-21(13-15-22)32(42)45-18-24-26(36)28(38)30(40)34(47-24)48-33-29(39)27(37)25(35)23(46-33)17-44-31(41)20-10-8-19(2)9-11-20/h8-15,23-30,33-40H,3-7,16-18H2,1-2H3/t23-,24-,25-,26-,27+,28+,29-,30-,33-,34-/m1/s1. The molecule has 0 aromatic heterocycles. The van der Waals surface area contributed by atoms with Crippen LogP contribution in [-0.4, -0.2) is 124 Å². The van der Waals surface area contributed by atoms with Crippen LogP contribution in [0.2, 0.25) is 0 Å². The van der Waals surface area contributed by atoms with Crippen LogP contribution >= 0.6 is 0 Å². The lowest BCUT2D eigenvalue weighted by atomic mass is 9.98. The maximum Gasteiger partial charge on any atom is 0.338 e. The largest absolute Gasteiger partial charge is 0.494 e. The molecule has 2 aliphatic heterocycles. The van der Waals surface area contributed by atoms with E-state index in [1.807, 2.05) is 6.92 Å². The molecule has 2 aliphatic rings. The Morgan fingerprint density at radius 1 is 0.625 bits per heavy atom. The lowest BCUT2D eigenvalue weighted by Crippen LogP contribution is -2.64. The molecular weight excluding hydrogens is 632 g/mol. The van der Waals surface area contributed by atoms with Gasteiger partial charge in [0.15, 0.2) is 12.6 Å². The molecule has 10 atom stereocenters. The molecule has 2 aromatic carbocycles. The summed E-state index contributed by atoms with van der Waals surface area (Å²) in [6.07, 6.45) is -11.4. The number of unbranched alkanes of at least 4 members (excludes halogenated alkanes) is 4. The molecule has 0 radical (unpaired) electrons. The molecule has 2 aromatic rings. The summed E-state index contributed by atoms with van der Waals surface area (Å²) >= 11 is 0. The van der Waals surface area contributed by atoms with Crippen molar-refractivity contribution < 1.29 is 68.6 Å². The van der Waals surface area contributed by atoms with Crippen molar-refractivity contribution in [3.63, 3.8) is 0 Å². The summed E-state index contributed by atoms with van der Waals surface area (Å²) in [6.45, 7) is 3.48. The molecule has 0 aliphatic carbocycles. The van der Waals surface area contributed by atoms with Gasteiger partial charge < -0.3 is 59.1 Å². The van der Waals surface area contributed by atoms with E-state index >= 15 is 0 Å². The molecule has 2 saturated heterocycles. The quantitative estimate of drug-likeness (QED) is 0.115. The summed E-state index contributed by atoms with van der Waals surface area (Å²) in [4.78, 5) is 25.1. The average molecular weight is 679 g/mol. The lowest BCUT2D eigenvalue weighted by Gasteiger charge is -2.44.